The second-order valence-electron chi connectivity index (χ2n) is 6.55. The maximum absolute atomic E-state index is 12.2. The first kappa shape index (κ1) is 17.5. The van der Waals surface area contributed by atoms with Gasteiger partial charge >= 0.3 is 0 Å². The summed E-state index contributed by atoms with van der Waals surface area (Å²) in [7, 11) is 0. The van der Waals surface area contributed by atoms with E-state index in [-0.39, 0.29) is 11.9 Å². The number of hydrogen-bond donors (Lipinski definition) is 2. The van der Waals surface area contributed by atoms with Crippen molar-refractivity contribution in [3.63, 3.8) is 0 Å². The Morgan fingerprint density at radius 1 is 1.41 bits per heavy atom. The van der Waals surface area contributed by atoms with Crippen LogP contribution in [-0.2, 0) is 11.2 Å². The van der Waals surface area contributed by atoms with Gasteiger partial charge in [-0.2, -0.15) is 0 Å². The highest BCUT2D eigenvalue weighted by Gasteiger charge is 2.22. The number of carbonyl (C=O) groups is 1. The summed E-state index contributed by atoms with van der Waals surface area (Å²) < 4.78 is 1.11. The van der Waals surface area contributed by atoms with Gasteiger partial charge in [0.1, 0.15) is 0 Å². The van der Waals surface area contributed by atoms with E-state index in [0.29, 0.717) is 18.3 Å². The topological polar surface area (TPSA) is 41.1 Å². The van der Waals surface area contributed by atoms with Crippen LogP contribution in [0.15, 0.2) is 28.7 Å². The molecule has 0 spiro atoms. The number of hydrogen-bond acceptors (Lipinski definition) is 2. The maximum atomic E-state index is 12.2. The van der Waals surface area contributed by atoms with E-state index in [9.17, 15) is 4.79 Å². The summed E-state index contributed by atoms with van der Waals surface area (Å²) in [6.45, 7) is 6.46. The molecule has 22 heavy (non-hydrogen) atoms. The average Bonchev–Trinajstić information content (AvgIpc) is 2.50. The number of amides is 1. The van der Waals surface area contributed by atoms with E-state index in [4.69, 9.17) is 0 Å². The number of halogens is 1. The number of rotatable bonds is 6. The van der Waals surface area contributed by atoms with Crippen molar-refractivity contribution in [3.8, 4) is 0 Å². The zero-order valence-electron chi connectivity index (χ0n) is 13.6. The zero-order valence-corrected chi connectivity index (χ0v) is 15.2. The summed E-state index contributed by atoms with van der Waals surface area (Å²) in [5.41, 5.74) is 1.24. The van der Waals surface area contributed by atoms with E-state index in [1.54, 1.807) is 0 Å². The van der Waals surface area contributed by atoms with Gasteiger partial charge in [0, 0.05) is 16.9 Å². The molecule has 1 heterocycles. The molecule has 1 aliphatic rings. The highest BCUT2D eigenvalue weighted by atomic mass is 79.9. The first-order valence-corrected chi connectivity index (χ1v) is 9.09. The summed E-state index contributed by atoms with van der Waals surface area (Å²) >= 11 is 3.56. The molecule has 4 heteroatoms. The van der Waals surface area contributed by atoms with Crippen LogP contribution in [0.3, 0.4) is 0 Å². The van der Waals surface area contributed by atoms with E-state index in [1.165, 1.54) is 18.4 Å². The largest absolute Gasteiger partial charge is 0.353 e. The first-order valence-electron chi connectivity index (χ1n) is 8.29. The highest BCUT2D eigenvalue weighted by Crippen LogP contribution is 2.22. The normalized spacial score (nSPS) is 21.1. The van der Waals surface area contributed by atoms with Crippen LogP contribution >= 0.6 is 15.9 Å². The van der Waals surface area contributed by atoms with Crippen LogP contribution < -0.4 is 10.6 Å². The van der Waals surface area contributed by atoms with Crippen LogP contribution in [0, 0.1) is 11.8 Å². The minimum Gasteiger partial charge on any atom is -0.353 e. The third kappa shape index (κ3) is 5.40. The van der Waals surface area contributed by atoms with E-state index in [1.807, 2.05) is 18.2 Å². The SMILES string of the molecule is CC(Cc1ccccc1Br)NC(=O)CC(C)C1CCCNC1. The lowest BCUT2D eigenvalue weighted by molar-refractivity contribution is -0.122. The minimum atomic E-state index is 0.155. The van der Waals surface area contributed by atoms with Crippen LogP contribution in [0.1, 0.15) is 38.7 Å². The van der Waals surface area contributed by atoms with E-state index in [0.717, 1.165) is 24.0 Å². The molecular formula is C18H27BrN2O. The number of carbonyl (C=O) groups excluding carboxylic acids is 1. The Hall–Kier alpha value is -0.870. The fraction of sp³-hybridized carbons (Fsp3) is 0.611. The second-order valence-corrected chi connectivity index (χ2v) is 7.41. The van der Waals surface area contributed by atoms with Crippen LogP contribution in [0.5, 0.6) is 0 Å². The van der Waals surface area contributed by atoms with Crippen molar-refractivity contribution in [3.05, 3.63) is 34.3 Å². The molecule has 3 atom stereocenters. The van der Waals surface area contributed by atoms with Crippen molar-refractivity contribution >= 4 is 21.8 Å². The molecule has 0 aliphatic carbocycles. The maximum Gasteiger partial charge on any atom is 0.220 e. The Kier molecular flexibility index (Phi) is 6.90. The smallest absolute Gasteiger partial charge is 0.220 e. The van der Waals surface area contributed by atoms with Crippen LogP contribution in [0.25, 0.3) is 0 Å². The molecule has 1 aromatic carbocycles. The lowest BCUT2D eigenvalue weighted by Crippen LogP contribution is -2.38. The average molecular weight is 367 g/mol. The van der Waals surface area contributed by atoms with Crippen LogP contribution in [-0.4, -0.2) is 25.0 Å². The van der Waals surface area contributed by atoms with E-state index in [2.05, 4.69) is 46.5 Å². The van der Waals surface area contributed by atoms with Gasteiger partial charge in [-0.15, -0.1) is 0 Å². The lowest BCUT2D eigenvalue weighted by Gasteiger charge is -2.28. The van der Waals surface area contributed by atoms with Gasteiger partial charge in [0.15, 0.2) is 0 Å². The van der Waals surface area contributed by atoms with Gasteiger partial charge in [-0.25, -0.2) is 0 Å². The number of nitrogens with one attached hydrogen (secondary N) is 2. The quantitative estimate of drug-likeness (QED) is 0.808. The van der Waals surface area contributed by atoms with Crippen molar-refractivity contribution in [1.29, 1.82) is 0 Å². The third-order valence-electron chi connectivity index (χ3n) is 4.54. The van der Waals surface area contributed by atoms with Gasteiger partial charge in [0.05, 0.1) is 0 Å². The molecule has 1 aromatic rings. The predicted octanol–water partition coefficient (Wildman–Crippen LogP) is 3.52. The monoisotopic (exact) mass is 366 g/mol. The molecule has 1 aliphatic heterocycles. The molecule has 3 unspecified atom stereocenters. The molecule has 1 amide bonds. The van der Waals surface area contributed by atoms with Crippen LogP contribution in [0.4, 0.5) is 0 Å². The van der Waals surface area contributed by atoms with Gasteiger partial charge in [-0.1, -0.05) is 41.1 Å². The summed E-state index contributed by atoms with van der Waals surface area (Å²) in [5.74, 6) is 1.26. The van der Waals surface area contributed by atoms with Crippen molar-refractivity contribution in [2.75, 3.05) is 13.1 Å². The summed E-state index contributed by atoms with van der Waals surface area (Å²) in [5, 5.41) is 6.58. The molecule has 122 valence electrons. The van der Waals surface area contributed by atoms with Gasteiger partial charge < -0.3 is 10.6 Å². The standard InChI is InChI=1S/C18H27BrN2O/c1-13(16-7-5-9-20-12-16)10-18(22)21-14(2)11-15-6-3-4-8-17(15)19/h3-4,6,8,13-14,16,20H,5,7,9-12H2,1-2H3,(H,21,22). The van der Waals surface area contributed by atoms with Gasteiger partial charge in [0.2, 0.25) is 5.91 Å². The Balaban J connectivity index is 1.77. The fourth-order valence-corrected chi connectivity index (χ4v) is 3.65. The summed E-state index contributed by atoms with van der Waals surface area (Å²) in [6.07, 6.45) is 3.96. The van der Waals surface area contributed by atoms with E-state index < -0.39 is 0 Å². The van der Waals surface area contributed by atoms with Gasteiger partial charge in [-0.3, -0.25) is 4.79 Å². The summed E-state index contributed by atoms with van der Waals surface area (Å²) in [6, 6.07) is 8.34. The van der Waals surface area contributed by atoms with Crippen LogP contribution in [0.2, 0.25) is 0 Å². The molecule has 2 N–H and O–H groups in total. The first-order chi connectivity index (χ1) is 10.6. The predicted molar refractivity (Wildman–Crippen MR) is 94.8 cm³/mol. The van der Waals surface area contributed by atoms with Crippen molar-refractivity contribution < 1.29 is 4.79 Å². The van der Waals surface area contributed by atoms with Crippen molar-refractivity contribution in [2.24, 2.45) is 11.8 Å². The third-order valence-corrected chi connectivity index (χ3v) is 5.31. The minimum absolute atomic E-state index is 0.155. The fourth-order valence-electron chi connectivity index (χ4n) is 3.20. The Morgan fingerprint density at radius 2 is 2.18 bits per heavy atom. The number of benzene rings is 1. The number of piperidine rings is 1. The molecule has 2 rings (SSSR count). The molecule has 1 saturated heterocycles. The Morgan fingerprint density at radius 3 is 2.86 bits per heavy atom. The summed E-state index contributed by atoms with van der Waals surface area (Å²) in [4.78, 5) is 12.2. The second kappa shape index (κ2) is 8.68. The molecule has 0 bridgehead atoms. The molecule has 0 aromatic heterocycles. The zero-order chi connectivity index (χ0) is 15.9. The van der Waals surface area contributed by atoms with Gasteiger partial charge in [0.25, 0.3) is 0 Å². The van der Waals surface area contributed by atoms with Crippen molar-refractivity contribution in [1.82, 2.24) is 10.6 Å². The highest BCUT2D eigenvalue weighted by molar-refractivity contribution is 9.10. The van der Waals surface area contributed by atoms with Crippen molar-refractivity contribution in [2.45, 2.75) is 45.6 Å². The molecule has 3 nitrogen and oxygen atoms in total. The molecule has 0 radical (unpaired) electrons. The van der Waals surface area contributed by atoms with E-state index >= 15 is 0 Å². The lowest BCUT2D eigenvalue weighted by atomic mass is 9.85. The molecule has 1 fully saturated rings. The molecule has 0 saturated carbocycles. The molecular weight excluding hydrogens is 340 g/mol. The Labute approximate surface area is 142 Å². The van der Waals surface area contributed by atoms with Gasteiger partial charge in [-0.05, 0) is 62.7 Å². The Bertz CT molecular complexity index is 486.